The van der Waals surface area contributed by atoms with E-state index in [2.05, 4.69) is 17.2 Å². The fraction of sp³-hybridized carbons (Fsp3) is 0.433. The van der Waals surface area contributed by atoms with E-state index in [0.29, 0.717) is 23.2 Å². The Morgan fingerprint density at radius 3 is 2.33 bits per heavy atom. The number of benzene rings is 2. The number of nitrogens with zero attached hydrogens (tertiary/aromatic N) is 1. The van der Waals surface area contributed by atoms with Crippen LogP contribution >= 0.6 is 0 Å². The van der Waals surface area contributed by atoms with Gasteiger partial charge in [-0.25, -0.2) is 4.79 Å². The number of carbonyl (C=O) groups is 3. The lowest BCUT2D eigenvalue weighted by atomic mass is 9.98. The van der Waals surface area contributed by atoms with E-state index in [-0.39, 0.29) is 30.4 Å². The molecule has 2 unspecified atom stereocenters. The van der Waals surface area contributed by atoms with Gasteiger partial charge in [0.1, 0.15) is 29.2 Å². The number of hydrogen-bond acceptors (Lipinski definition) is 6. The number of carbonyl (C=O) groups excluding carboxylic acids is 3. The van der Waals surface area contributed by atoms with E-state index in [0.717, 1.165) is 12.8 Å². The van der Waals surface area contributed by atoms with Gasteiger partial charge in [-0.3, -0.25) is 9.59 Å². The Morgan fingerprint density at radius 1 is 1.10 bits per heavy atom. The first-order valence-corrected chi connectivity index (χ1v) is 13.1. The van der Waals surface area contributed by atoms with Crippen LogP contribution in [0.3, 0.4) is 0 Å². The molecular weight excluding hydrogens is 498 g/mol. The van der Waals surface area contributed by atoms with Crippen LogP contribution in [0.2, 0.25) is 0 Å². The van der Waals surface area contributed by atoms with Gasteiger partial charge < -0.3 is 30.5 Å². The summed E-state index contributed by atoms with van der Waals surface area (Å²) in [4.78, 5) is 41.8. The molecule has 9 heteroatoms. The summed E-state index contributed by atoms with van der Waals surface area (Å²) in [5.41, 5.74) is 0.958. The zero-order valence-corrected chi connectivity index (χ0v) is 23.5. The number of aromatic hydroxyl groups is 2. The Labute approximate surface area is 230 Å². The smallest absolute Gasteiger partial charge is 0.408 e. The second-order valence-corrected chi connectivity index (χ2v) is 10.4. The van der Waals surface area contributed by atoms with Crippen LogP contribution in [0.1, 0.15) is 63.3 Å². The molecule has 0 fully saturated rings. The highest BCUT2D eigenvalue weighted by Gasteiger charge is 2.36. The third-order valence-corrected chi connectivity index (χ3v) is 5.90. The molecule has 9 nitrogen and oxygen atoms in total. The molecule has 0 bridgehead atoms. The molecule has 0 heterocycles. The van der Waals surface area contributed by atoms with E-state index in [9.17, 15) is 24.6 Å². The van der Waals surface area contributed by atoms with Crippen molar-refractivity contribution in [1.29, 1.82) is 0 Å². The van der Waals surface area contributed by atoms with Crippen LogP contribution in [-0.4, -0.2) is 57.8 Å². The highest BCUT2D eigenvalue weighted by Crippen LogP contribution is 2.27. The van der Waals surface area contributed by atoms with Crippen LogP contribution < -0.4 is 10.6 Å². The number of nitrogens with one attached hydrogen (secondary N) is 2. The lowest BCUT2D eigenvalue weighted by Crippen LogP contribution is -2.54. The summed E-state index contributed by atoms with van der Waals surface area (Å²) < 4.78 is 5.41. The van der Waals surface area contributed by atoms with Crippen LogP contribution in [-0.2, 0) is 20.7 Å². The molecule has 212 valence electrons. The highest BCUT2D eigenvalue weighted by molar-refractivity contribution is 5.92. The summed E-state index contributed by atoms with van der Waals surface area (Å²) in [6, 6.07) is 8.92. The van der Waals surface area contributed by atoms with E-state index in [1.165, 1.54) is 29.2 Å². The van der Waals surface area contributed by atoms with Crippen molar-refractivity contribution in [1.82, 2.24) is 15.5 Å². The van der Waals surface area contributed by atoms with Gasteiger partial charge in [0.15, 0.2) is 0 Å². The number of amides is 3. The molecule has 0 saturated heterocycles. The van der Waals surface area contributed by atoms with E-state index < -0.39 is 29.7 Å². The summed E-state index contributed by atoms with van der Waals surface area (Å²) >= 11 is 0. The number of alkyl carbamates (subject to hydrolysis) is 1. The molecule has 0 aliphatic heterocycles. The van der Waals surface area contributed by atoms with Crippen LogP contribution in [0.4, 0.5) is 4.79 Å². The first-order valence-electron chi connectivity index (χ1n) is 13.1. The fourth-order valence-corrected chi connectivity index (χ4v) is 3.99. The maximum Gasteiger partial charge on any atom is 0.408 e. The summed E-state index contributed by atoms with van der Waals surface area (Å²) in [5.74, 6) is -0.761. The third-order valence-electron chi connectivity index (χ3n) is 5.90. The molecule has 2 rings (SSSR count). The maximum atomic E-state index is 14.1. The Balaban J connectivity index is 2.53. The topological polar surface area (TPSA) is 128 Å². The Morgan fingerprint density at radius 2 is 1.77 bits per heavy atom. The predicted molar refractivity (Wildman–Crippen MR) is 150 cm³/mol. The van der Waals surface area contributed by atoms with Gasteiger partial charge in [0.05, 0.1) is 0 Å². The van der Waals surface area contributed by atoms with Crippen molar-refractivity contribution in [2.45, 2.75) is 71.6 Å². The first-order chi connectivity index (χ1) is 18.4. The fourth-order valence-electron chi connectivity index (χ4n) is 3.99. The predicted octanol–water partition coefficient (Wildman–Crippen LogP) is 4.51. The molecule has 0 aliphatic carbocycles. The minimum atomic E-state index is -1.09. The average Bonchev–Trinajstić information content (AvgIpc) is 2.85. The van der Waals surface area contributed by atoms with Crippen molar-refractivity contribution in [3.63, 3.8) is 0 Å². The Kier molecular flexibility index (Phi) is 11.4. The summed E-state index contributed by atoms with van der Waals surface area (Å²) in [6.45, 7) is 13.1. The number of phenolic OH excluding ortho intramolecular Hbond substituents is 2. The van der Waals surface area contributed by atoms with E-state index in [1.807, 2.05) is 6.92 Å². The number of phenols is 2. The number of unbranched alkanes of at least 4 members (excludes halogenated alkanes) is 1. The van der Waals surface area contributed by atoms with E-state index in [4.69, 9.17) is 4.74 Å². The second kappa shape index (κ2) is 14.2. The molecule has 39 heavy (non-hydrogen) atoms. The van der Waals surface area contributed by atoms with Crippen molar-refractivity contribution in [2.24, 2.45) is 0 Å². The second-order valence-electron chi connectivity index (χ2n) is 10.4. The normalized spacial score (nSPS) is 12.6. The average molecular weight is 540 g/mol. The van der Waals surface area contributed by atoms with Crippen molar-refractivity contribution in [3.8, 4) is 11.5 Å². The molecule has 2 atom stereocenters. The Hall–Kier alpha value is -4.01. The molecule has 0 radical (unpaired) electrons. The maximum absolute atomic E-state index is 14.1. The summed E-state index contributed by atoms with van der Waals surface area (Å²) in [6.07, 6.45) is 2.48. The van der Waals surface area contributed by atoms with Gasteiger partial charge >= 0.3 is 6.09 Å². The minimum Gasteiger partial charge on any atom is -0.508 e. The molecule has 0 spiro atoms. The molecule has 2 aromatic rings. The number of aryl methyl sites for hydroxylation is 1. The molecule has 3 amide bonds. The zero-order valence-electron chi connectivity index (χ0n) is 23.5. The monoisotopic (exact) mass is 539 g/mol. The number of hydrogen-bond donors (Lipinski definition) is 4. The van der Waals surface area contributed by atoms with Gasteiger partial charge in [0, 0.05) is 19.5 Å². The van der Waals surface area contributed by atoms with Crippen LogP contribution in [0.15, 0.2) is 55.1 Å². The van der Waals surface area contributed by atoms with Crippen molar-refractivity contribution in [3.05, 3.63) is 71.8 Å². The molecule has 0 aromatic heterocycles. The number of ether oxygens (including phenoxy) is 1. The highest BCUT2D eigenvalue weighted by atomic mass is 16.6. The molecule has 0 aliphatic rings. The van der Waals surface area contributed by atoms with Crippen molar-refractivity contribution >= 4 is 17.9 Å². The van der Waals surface area contributed by atoms with Crippen molar-refractivity contribution in [2.75, 3.05) is 13.1 Å². The Bertz CT molecular complexity index is 1140. The molecule has 4 N–H and O–H groups in total. The standard InChI is InChI=1S/C30H41N3O6/c1-7-9-16-31-27(36)26(22-12-15-25(35)20(3)18-22)33(17-8-2)28(37)24(32-29(38)39-30(4,5)6)19-21-10-13-23(34)14-11-21/h8,10-15,18,24,26,34-35H,2,7,9,16-17,19H2,1,3-6H3,(H,31,36)(H,32,38). The number of rotatable bonds is 12. The zero-order chi connectivity index (χ0) is 29.2. The van der Waals surface area contributed by atoms with E-state index >= 15 is 0 Å². The van der Waals surface area contributed by atoms with Gasteiger partial charge in [-0.1, -0.05) is 37.6 Å². The summed E-state index contributed by atoms with van der Waals surface area (Å²) in [7, 11) is 0. The van der Waals surface area contributed by atoms with Gasteiger partial charge in [-0.2, -0.15) is 0 Å². The third kappa shape index (κ3) is 9.67. The molecular formula is C30H41N3O6. The largest absolute Gasteiger partial charge is 0.508 e. The van der Waals surface area contributed by atoms with Crippen LogP contribution in [0.25, 0.3) is 0 Å². The van der Waals surface area contributed by atoms with Gasteiger partial charge in [-0.05, 0) is 75.1 Å². The van der Waals surface area contributed by atoms with Crippen molar-refractivity contribution < 1.29 is 29.3 Å². The quantitative estimate of drug-likeness (QED) is 0.232. The first kappa shape index (κ1) is 31.2. The lowest BCUT2D eigenvalue weighted by molar-refractivity contribution is -0.141. The lowest BCUT2D eigenvalue weighted by Gasteiger charge is -2.34. The minimum absolute atomic E-state index is 0.0205. The molecule has 2 aromatic carbocycles. The van der Waals surface area contributed by atoms with Crippen LogP contribution in [0, 0.1) is 6.92 Å². The molecule has 0 saturated carbocycles. The van der Waals surface area contributed by atoms with Crippen LogP contribution in [0.5, 0.6) is 11.5 Å². The SMILES string of the molecule is C=CCN(C(=O)C(Cc1ccc(O)cc1)NC(=O)OC(C)(C)C)C(C(=O)NCCCC)c1ccc(O)c(C)c1. The van der Waals surface area contributed by atoms with Gasteiger partial charge in [0.25, 0.3) is 0 Å². The van der Waals surface area contributed by atoms with E-state index in [1.54, 1.807) is 52.0 Å². The van der Waals surface area contributed by atoms with Gasteiger partial charge in [-0.15, -0.1) is 6.58 Å². The summed E-state index contributed by atoms with van der Waals surface area (Å²) in [5, 5.41) is 25.3. The van der Waals surface area contributed by atoms with Gasteiger partial charge in [0.2, 0.25) is 11.8 Å².